The lowest BCUT2D eigenvalue weighted by Gasteiger charge is -2.41. The molecule has 3 aromatic rings. The molecule has 5 heteroatoms. The summed E-state index contributed by atoms with van der Waals surface area (Å²) in [6.45, 7) is 0.678. The minimum absolute atomic E-state index is 0.0432. The van der Waals surface area contributed by atoms with Crippen molar-refractivity contribution in [2.24, 2.45) is 0 Å². The number of carbonyl (C=O) groups is 1. The van der Waals surface area contributed by atoms with Gasteiger partial charge in [0.1, 0.15) is 23.5 Å². The number of piperidine rings is 1. The molecule has 5 nitrogen and oxygen atoms in total. The molecule has 31 heavy (non-hydrogen) atoms. The van der Waals surface area contributed by atoms with Crippen LogP contribution in [-0.4, -0.2) is 38.6 Å². The zero-order chi connectivity index (χ0) is 21.8. The smallest absolute Gasteiger partial charge is 0.137 e. The molecule has 2 atom stereocenters. The van der Waals surface area contributed by atoms with Crippen LogP contribution >= 0.6 is 0 Å². The summed E-state index contributed by atoms with van der Waals surface area (Å²) in [5, 5.41) is 2.29. The monoisotopic (exact) mass is 419 g/mol. The highest BCUT2D eigenvalue weighted by Gasteiger charge is 2.34. The standard InChI is InChI=1S/C26H29NO4/c1-29-22-13-12-19-14-18(10-11-20(19)15-22)16-27-21(17-28)6-4-7-23(27)26-24(30-2)8-5-9-25(26)31-3/h5,8-15,17,21,23H,4,6-7,16H2,1-3H3. The number of hydrogen-bond acceptors (Lipinski definition) is 5. The van der Waals surface area contributed by atoms with E-state index in [0.717, 1.165) is 59.1 Å². The Morgan fingerprint density at radius 3 is 2.29 bits per heavy atom. The molecular formula is C26H29NO4. The van der Waals surface area contributed by atoms with Crippen molar-refractivity contribution >= 4 is 17.1 Å². The molecule has 1 aliphatic rings. The molecule has 0 amide bonds. The Balaban J connectivity index is 1.72. The number of benzene rings is 3. The second-order valence-corrected chi connectivity index (χ2v) is 7.95. The molecule has 1 heterocycles. The van der Waals surface area contributed by atoms with E-state index in [-0.39, 0.29) is 12.1 Å². The molecule has 0 radical (unpaired) electrons. The highest BCUT2D eigenvalue weighted by molar-refractivity contribution is 5.84. The summed E-state index contributed by atoms with van der Waals surface area (Å²) in [5.41, 5.74) is 2.19. The lowest BCUT2D eigenvalue weighted by atomic mass is 9.89. The minimum atomic E-state index is -0.139. The van der Waals surface area contributed by atoms with Crippen LogP contribution in [0, 0.1) is 0 Å². The van der Waals surface area contributed by atoms with Crippen LogP contribution in [0.2, 0.25) is 0 Å². The van der Waals surface area contributed by atoms with Gasteiger partial charge in [-0.1, -0.05) is 24.3 Å². The zero-order valence-electron chi connectivity index (χ0n) is 18.3. The number of rotatable bonds is 7. The number of hydrogen-bond donors (Lipinski definition) is 0. The van der Waals surface area contributed by atoms with E-state index >= 15 is 0 Å². The largest absolute Gasteiger partial charge is 0.497 e. The molecule has 4 rings (SSSR count). The topological polar surface area (TPSA) is 48.0 Å². The van der Waals surface area contributed by atoms with Gasteiger partial charge in [0.2, 0.25) is 0 Å². The van der Waals surface area contributed by atoms with Gasteiger partial charge in [-0.2, -0.15) is 0 Å². The summed E-state index contributed by atoms with van der Waals surface area (Å²) in [4.78, 5) is 14.3. The molecule has 0 N–H and O–H groups in total. The summed E-state index contributed by atoms with van der Waals surface area (Å²) in [6.07, 6.45) is 3.89. The van der Waals surface area contributed by atoms with Crippen molar-refractivity contribution < 1.29 is 19.0 Å². The summed E-state index contributed by atoms with van der Waals surface area (Å²) >= 11 is 0. The Morgan fingerprint density at radius 2 is 1.61 bits per heavy atom. The van der Waals surface area contributed by atoms with Gasteiger partial charge in [0.15, 0.2) is 0 Å². The molecule has 162 valence electrons. The first-order chi connectivity index (χ1) is 15.2. The van der Waals surface area contributed by atoms with E-state index in [1.54, 1.807) is 21.3 Å². The molecule has 3 aromatic carbocycles. The highest BCUT2D eigenvalue weighted by atomic mass is 16.5. The first-order valence-corrected chi connectivity index (χ1v) is 10.7. The molecule has 0 aromatic heterocycles. The number of carbonyl (C=O) groups excluding carboxylic acids is 1. The molecule has 1 fully saturated rings. The quantitative estimate of drug-likeness (QED) is 0.495. The molecule has 1 saturated heterocycles. The third-order valence-electron chi connectivity index (χ3n) is 6.24. The van der Waals surface area contributed by atoms with E-state index in [1.807, 2.05) is 30.3 Å². The average molecular weight is 420 g/mol. The van der Waals surface area contributed by atoms with Crippen molar-refractivity contribution in [3.63, 3.8) is 0 Å². The van der Waals surface area contributed by atoms with Gasteiger partial charge in [0, 0.05) is 12.6 Å². The first kappa shape index (κ1) is 21.2. The molecule has 0 bridgehead atoms. The lowest BCUT2D eigenvalue weighted by molar-refractivity contribution is -0.115. The Morgan fingerprint density at radius 1 is 0.903 bits per heavy atom. The number of nitrogens with zero attached hydrogens (tertiary/aromatic N) is 1. The number of methoxy groups -OCH3 is 3. The predicted octanol–water partition coefficient (Wildman–Crippen LogP) is 5.16. The second kappa shape index (κ2) is 9.40. The van der Waals surface area contributed by atoms with Gasteiger partial charge in [-0.05, 0) is 65.9 Å². The van der Waals surface area contributed by atoms with E-state index in [0.29, 0.717) is 6.54 Å². The zero-order valence-corrected chi connectivity index (χ0v) is 18.3. The van der Waals surface area contributed by atoms with Crippen molar-refractivity contribution in [3.8, 4) is 17.2 Å². The van der Waals surface area contributed by atoms with E-state index in [1.165, 1.54) is 5.56 Å². The third kappa shape index (κ3) is 4.23. The normalized spacial score (nSPS) is 19.2. The van der Waals surface area contributed by atoms with Crippen LogP contribution in [0.3, 0.4) is 0 Å². The lowest BCUT2D eigenvalue weighted by Crippen LogP contribution is -2.42. The van der Waals surface area contributed by atoms with Crippen LogP contribution in [-0.2, 0) is 11.3 Å². The van der Waals surface area contributed by atoms with E-state index < -0.39 is 0 Å². The Hall–Kier alpha value is -3.05. The summed E-state index contributed by atoms with van der Waals surface area (Å²) < 4.78 is 16.7. The maximum atomic E-state index is 12.0. The highest BCUT2D eigenvalue weighted by Crippen LogP contribution is 2.43. The molecule has 1 aliphatic heterocycles. The Labute approximate surface area is 183 Å². The number of aldehydes is 1. The van der Waals surface area contributed by atoms with Crippen molar-refractivity contribution in [2.45, 2.75) is 37.9 Å². The van der Waals surface area contributed by atoms with Crippen molar-refractivity contribution in [1.82, 2.24) is 4.90 Å². The summed E-state index contributed by atoms with van der Waals surface area (Å²) in [5.74, 6) is 2.44. The van der Waals surface area contributed by atoms with E-state index in [9.17, 15) is 4.79 Å². The second-order valence-electron chi connectivity index (χ2n) is 7.95. The van der Waals surface area contributed by atoms with Crippen LogP contribution in [0.4, 0.5) is 0 Å². The van der Waals surface area contributed by atoms with Gasteiger partial charge in [0.05, 0.1) is 32.9 Å². The maximum absolute atomic E-state index is 12.0. The summed E-state index contributed by atoms with van der Waals surface area (Å²) in [6, 6.07) is 18.3. The van der Waals surface area contributed by atoms with Crippen LogP contribution in [0.25, 0.3) is 10.8 Å². The van der Waals surface area contributed by atoms with Gasteiger partial charge in [-0.3, -0.25) is 4.90 Å². The molecule has 0 aliphatic carbocycles. The van der Waals surface area contributed by atoms with Gasteiger partial charge < -0.3 is 19.0 Å². The first-order valence-electron chi connectivity index (χ1n) is 10.7. The number of ether oxygens (including phenoxy) is 3. The fourth-order valence-corrected chi connectivity index (χ4v) is 4.68. The van der Waals surface area contributed by atoms with Gasteiger partial charge >= 0.3 is 0 Å². The minimum Gasteiger partial charge on any atom is -0.497 e. The maximum Gasteiger partial charge on any atom is 0.137 e. The van der Waals surface area contributed by atoms with E-state index in [2.05, 4.69) is 29.2 Å². The van der Waals surface area contributed by atoms with E-state index in [4.69, 9.17) is 14.2 Å². The molecule has 0 saturated carbocycles. The van der Waals surface area contributed by atoms with Crippen LogP contribution in [0.1, 0.15) is 36.4 Å². The third-order valence-corrected chi connectivity index (χ3v) is 6.24. The van der Waals surface area contributed by atoms with Crippen molar-refractivity contribution in [2.75, 3.05) is 21.3 Å². The number of likely N-dealkylation sites (tertiary alicyclic amines) is 1. The van der Waals surface area contributed by atoms with Crippen LogP contribution in [0.15, 0.2) is 54.6 Å². The Kier molecular flexibility index (Phi) is 6.42. The molecular weight excluding hydrogens is 390 g/mol. The SMILES string of the molecule is COc1ccc2cc(CN3C(C=O)CCCC3c3c(OC)cccc3OC)ccc2c1. The average Bonchev–Trinajstić information content (AvgIpc) is 2.83. The number of fused-ring (bicyclic) bond motifs is 1. The van der Waals surface area contributed by atoms with Crippen molar-refractivity contribution in [3.05, 3.63) is 65.7 Å². The fraction of sp³-hybridized carbons (Fsp3) is 0.346. The Bertz CT molecular complexity index is 1040. The molecule has 0 spiro atoms. The van der Waals surface area contributed by atoms with Crippen molar-refractivity contribution in [1.29, 1.82) is 0 Å². The predicted molar refractivity (Wildman–Crippen MR) is 122 cm³/mol. The van der Waals surface area contributed by atoms with Gasteiger partial charge in [-0.15, -0.1) is 0 Å². The van der Waals surface area contributed by atoms with Crippen LogP contribution in [0.5, 0.6) is 17.2 Å². The fourth-order valence-electron chi connectivity index (χ4n) is 4.68. The van der Waals surface area contributed by atoms with Gasteiger partial charge in [-0.25, -0.2) is 0 Å². The molecule has 2 unspecified atom stereocenters. The van der Waals surface area contributed by atoms with Gasteiger partial charge in [0.25, 0.3) is 0 Å². The van der Waals surface area contributed by atoms with Crippen LogP contribution < -0.4 is 14.2 Å². The summed E-state index contributed by atoms with van der Waals surface area (Å²) in [7, 11) is 5.04.